The molecule has 220 valence electrons. The first-order valence-corrected chi connectivity index (χ1v) is 15.2. The Bertz CT molecular complexity index is 1290. The molecule has 0 aliphatic carbocycles. The smallest absolute Gasteiger partial charge is 0.166 e. The zero-order valence-corrected chi connectivity index (χ0v) is 24.3. The van der Waals surface area contributed by atoms with Gasteiger partial charge in [-0.15, -0.1) is 0 Å². The SMILES string of the molecule is CC=CCCCc1ccc(-c2ccc(-c3ccc(C4CCC(CCCCCCC)OC4)c(F)c3F)cc2)c(F)c1F. The number of halogens is 4. The van der Waals surface area contributed by atoms with Gasteiger partial charge in [0.05, 0.1) is 12.7 Å². The lowest BCUT2D eigenvalue weighted by Crippen LogP contribution is -2.25. The van der Waals surface area contributed by atoms with Crippen molar-refractivity contribution in [3.63, 3.8) is 0 Å². The third kappa shape index (κ3) is 7.88. The summed E-state index contributed by atoms with van der Waals surface area (Å²) < 4.78 is 66.1. The molecule has 1 aliphatic heterocycles. The van der Waals surface area contributed by atoms with Crippen LogP contribution in [0.25, 0.3) is 22.3 Å². The van der Waals surface area contributed by atoms with Crippen LogP contribution in [0.4, 0.5) is 17.6 Å². The first-order valence-electron chi connectivity index (χ1n) is 15.2. The maximum atomic E-state index is 15.3. The minimum atomic E-state index is -0.896. The van der Waals surface area contributed by atoms with E-state index in [1.54, 1.807) is 48.5 Å². The normalized spacial score (nSPS) is 17.4. The Labute approximate surface area is 242 Å². The molecule has 41 heavy (non-hydrogen) atoms. The van der Waals surface area contributed by atoms with Gasteiger partial charge in [0.25, 0.3) is 0 Å². The van der Waals surface area contributed by atoms with E-state index < -0.39 is 23.3 Å². The lowest BCUT2D eigenvalue weighted by Gasteiger charge is -2.30. The Morgan fingerprint density at radius 1 is 0.732 bits per heavy atom. The standard InChI is InChI=1S/C36H42F4O/c1-3-5-7-9-11-13-29-20-18-28(24-41-29)32-23-22-31(35(39)36(32)40)26-16-14-25(15-17-26)30-21-19-27(33(37)34(30)38)12-10-8-6-4-2/h4,6,14-17,19,21-23,28-29H,3,5,7-13,18,20,24H2,1-2H3. The summed E-state index contributed by atoms with van der Waals surface area (Å²) in [4.78, 5) is 0. The molecule has 3 aromatic rings. The molecule has 1 nitrogen and oxygen atoms in total. The molecule has 0 saturated carbocycles. The summed E-state index contributed by atoms with van der Waals surface area (Å²) in [6, 6.07) is 12.9. The van der Waals surface area contributed by atoms with E-state index >= 15 is 8.78 Å². The van der Waals surface area contributed by atoms with Crippen molar-refractivity contribution in [2.24, 2.45) is 0 Å². The second-order valence-corrected chi connectivity index (χ2v) is 11.2. The summed E-state index contributed by atoms with van der Waals surface area (Å²) in [5, 5.41) is 0. The molecule has 0 N–H and O–H groups in total. The fourth-order valence-corrected chi connectivity index (χ4v) is 5.77. The van der Waals surface area contributed by atoms with Crippen molar-refractivity contribution in [1.29, 1.82) is 0 Å². The second-order valence-electron chi connectivity index (χ2n) is 11.2. The largest absolute Gasteiger partial charge is 0.378 e. The van der Waals surface area contributed by atoms with E-state index in [2.05, 4.69) is 6.92 Å². The highest BCUT2D eigenvalue weighted by atomic mass is 19.2. The van der Waals surface area contributed by atoms with Crippen LogP contribution in [-0.2, 0) is 11.2 Å². The maximum absolute atomic E-state index is 15.3. The minimum Gasteiger partial charge on any atom is -0.378 e. The summed E-state index contributed by atoms with van der Waals surface area (Å²) in [5.74, 6) is -3.62. The third-order valence-corrected chi connectivity index (χ3v) is 8.27. The first kappa shape index (κ1) is 31.0. The van der Waals surface area contributed by atoms with Crippen LogP contribution in [0.2, 0.25) is 0 Å². The maximum Gasteiger partial charge on any atom is 0.166 e. The monoisotopic (exact) mass is 566 g/mol. The molecule has 3 aromatic carbocycles. The van der Waals surface area contributed by atoms with Gasteiger partial charge in [-0.3, -0.25) is 0 Å². The summed E-state index contributed by atoms with van der Waals surface area (Å²) >= 11 is 0. The molecule has 4 rings (SSSR count). The Kier molecular flexibility index (Phi) is 11.6. The average Bonchev–Trinajstić information content (AvgIpc) is 2.99. The van der Waals surface area contributed by atoms with Gasteiger partial charge in [0.15, 0.2) is 23.3 Å². The quantitative estimate of drug-likeness (QED) is 0.114. The van der Waals surface area contributed by atoms with E-state index in [1.165, 1.54) is 25.7 Å². The topological polar surface area (TPSA) is 9.23 Å². The van der Waals surface area contributed by atoms with Gasteiger partial charge >= 0.3 is 0 Å². The molecule has 5 heteroatoms. The number of allylic oxidation sites excluding steroid dienone is 2. The van der Waals surface area contributed by atoms with Gasteiger partial charge in [-0.2, -0.15) is 0 Å². The van der Waals surface area contributed by atoms with Crippen molar-refractivity contribution in [2.75, 3.05) is 6.61 Å². The van der Waals surface area contributed by atoms with E-state index in [0.717, 1.165) is 38.5 Å². The van der Waals surface area contributed by atoms with Crippen LogP contribution < -0.4 is 0 Å². The Morgan fingerprint density at radius 3 is 2.02 bits per heavy atom. The van der Waals surface area contributed by atoms with E-state index in [-0.39, 0.29) is 23.1 Å². The van der Waals surface area contributed by atoms with Crippen LogP contribution in [0.5, 0.6) is 0 Å². The van der Waals surface area contributed by atoms with Gasteiger partial charge in [0, 0.05) is 17.0 Å². The van der Waals surface area contributed by atoms with Gasteiger partial charge in [-0.1, -0.05) is 99.7 Å². The molecule has 1 fully saturated rings. The lowest BCUT2D eigenvalue weighted by molar-refractivity contribution is -0.00283. The van der Waals surface area contributed by atoms with Crippen molar-refractivity contribution in [3.05, 3.63) is 95.1 Å². The summed E-state index contributed by atoms with van der Waals surface area (Å²) in [7, 11) is 0. The van der Waals surface area contributed by atoms with Crippen molar-refractivity contribution in [1.82, 2.24) is 0 Å². The summed E-state index contributed by atoms with van der Waals surface area (Å²) in [6.45, 7) is 4.54. The number of aryl methyl sites for hydroxylation is 1. The number of hydrogen-bond acceptors (Lipinski definition) is 1. The number of ether oxygens (including phenoxy) is 1. The highest BCUT2D eigenvalue weighted by Gasteiger charge is 2.27. The van der Waals surface area contributed by atoms with Crippen molar-refractivity contribution in [3.8, 4) is 22.3 Å². The summed E-state index contributed by atoms with van der Waals surface area (Å²) in [6.07, 6.45) is 14.9. The molecule has 0 spiro atoms. The first-order chi connectivity index (χ1) is 19.9. The van der Waals surface area contributed by atoms with Crippen LogP contribution >= 0.6 is 0 Å². The fourth-order valence-electron chi connectivity index (χ4n) is 5.77. The predicted molar refractivity (Wildman–Crippen MR) is 160 cm³/mol. The van der Waals surface area contributed by atoms with Crippen LogP contribution in [0.1, 0.15) is 95.1 Å². The molecule has 0 aromatic heterocycles. The van der Waals surface area contributed by atoms with E-state index in [0.29, 0.717) is 35.3 Å². The van der Waals surface area contributed by atoms with E-state index in [9.17, 15) is 8.78 Å². The van der Waals surface area contributed by atoms with Gasteiger partial charge in [0.1, 0.15) is 0 Å². The van der Waals surface area contributed by atoms with E-state index in [1.807, 2.05) is 19.1 Å². The van der Waals surface area contributed by atoms with Gasteiger partial charge in [-0.25, -0.2) is 17.6 Å². The van der Waals surface area contributed by atoms with Crippen LogP contribution in [0, 0.1) is 23.3 Å². The predicted octanol–water partition coefficient (Wildman–Crippen LogP) is 11.1. The highest BCUT2D eigenvalue weighted by molar-refractivity contribution is 5.71. The molecule has 1 heterocycles. The molecule has 1 aliphatic rings. The molecular weight excluding hydrogens is 524 g/mol. The summed E-state index contributed by atoms with van der Waals surface area (Å²) in [5.41, 5.74) is 1.94. The zero-order valence-electron chi connectivity index (χ0n) is 24.3. The zero-order chi connectivity index (χ0) is 29.2. The molecular formula is C36H42F4O. The highest BCUT2D eigenvalue weighted by Crippen LogP contribution is 2.36. The van der Waals surface area contributed by atoms with Crippen molar-refractivity contribution in [2.45, 2.75) is 96.5 Å². The molecule has 0 bridgehead atoms. The fraction of sp³-hybridized carbons (Fsp3) is 0.444. The van der Waals surface area contributed by atoms with Crippen molar-refractivity contribution >= 4 is 0 Å². The number of hydrogen-bond donors (Lipinski definition) is 0. The van der Waals surface area contributed by atoms with Crippen LogP contribution in [-0.4, -0.2) is 12.7 Å². The molecule has 2 unspecified atom stereocenters. The number of unbranched alkanes of at least 4 members (excludes halogenated alkanes) is 5. The minimum absolute atomic E-state index is 0.141. The van der Waals surface area contributed by atoms with Gasteiger partial charge < -0.3 is 4.74 Å². The number of benzene rings is 3. The average molecular weight is 567 g/mol. The van der Waals surface area contributed by atoms with Crippen molar-refractivity contribution < 1.29 is 22.3 Å². The molecule has 0 amide bonds. The molecule has 0 radical (unpaired) electrons. The van der Waals surface area contributed by atoms with Crippen LogP contribution in [0.3, 0.4) is 0 Å². The Balaban J connectivity index is 1.40. The number of rotatable bonds is 13. The van der Waals surface area contributed by atoms with Gasteiger partial charge in [-0.05, 0) is 67.7 Å². The lowest BCUT2D eigenvalue weighted by atomic mass is 9.88. The second kappa shape index (κ2) is 15.3. The third-order valence-electron chi connectivity index (χ3n) is 8.27. The Hall–Kier alpha value is -2.92. The van der Waals surface area contributed by atoms with Gasteiger partial charge in [0.2, 0.25) is 0 Å². The van der Waals surface area contributed by atoms with Crippen LogP contribution in [0.15, 0.2) is 60.7 Å². The molecule has 1 saturated heterocycles. The Morgan fingerprint density at radius 2 is 1.39 bits per heavy atom. The van der Waals surface area contributed by atoms with E-state index in [4.69, 9.17) is 4.74 Å². The molecule has 2 atom stereocenters.